The van der Waals surface area contributed by atoms with Gasteiger partial charge >= 0.3 is 0 Å². The minimum absolute atomic E-state index is 0.208. The van der Waals surface area contributed by atoms with Gasteiger partial charge < -0.3 is 30.4 Å². The number of hydrogen-bond donors (Lipinski definition) is 4. The highest BCUT2D eigenvalue weighted by atomic mass is 16.7. The van der Waals surface area contributed by atoms with E-state index in [1.807, 2.05) is 36.5 Å². The van der Waals surface area contributed by atoms with Gasteiger partial charge in [0, 0.05) is 25.5 Å². The van der Waals surface area contributed by atoms with Gasteiger partial charge in [-0.25, -0.2) is 4.99 Å². The molecule has 3 rings (SSSR count). The molecule has 0 saturated heterocycles. The second-order valence-electron chi connectivity index (χ2n) is 7.34. The summed E-state index contributed by atoms with van der Waals surface area (Å²) in [5.41, 5.74) is 6.84. The number of nitriles is 1. The molecule has 3 atom stereocenters. The minimum Gasteiger partial charge on any atom is -0.479 e. The van der Waals surface area contributed by atoms with Crippen molar-refractivity contribution in [3.05, 3.63) is 59.7 Å². The standard InChI is InChI=1S/C22H27N5O4/c1-22(20(29-2)30-3)19(28)18(16-11-15(24)9-10-17(16)31-22)27-21(26-13-23)25-12-14-7-5-4-6-8-14/h4-11,18-20,28H,12,24H2,1-3H3,(H2,25,26,27)/t18?,19?,22-/m0/s1. The summed E-state index contributed by atoms with van der Waals surface area (Å²) in [7, 11) is 2.95. The molecule has 0 aliphatic carbocycles. The van der Waals surface area contributed by atoms with Crippen LogP contribution in [0.2, 0.25) is 0 Å². The van der Waals surface area contributed by atoms with E-state index in [9.17, 15) is 10.4 Å². The SMILES string of the molecule is COC(OC)[C@@]1(C)Oc2ccc(N)cc2C(NC(=NCc2ccccc2)NC#N)C1O. The quantitative estimate of drug-likeness (QED) is 0.137. The number of rotatable bonds is 6. The number of hydrogen-bond acceptors (Lipinski definition) is 7. The van der Waals surface area contributed by atoms with Crippen molar-refractivity contribution in [2.24, 2.45) is 4.99 Å². The van der Waals surface area contributed by atoms with Crippen LogP contribution in [0.25, 0.3) is 0 Å². The monoisotopic (exact) mass is 425 g/mol. The fraction of sp³-hybridized carbons (Fsp3) is 0.364. The number of aliphatic imine (C=N–C) groups is 1. The van der Waals surface area contributed by atoms with Crippen LogP contribution >= 0.6 is 0 Å². The Labute approximate surface area is 181 Å². The molecule has 2 aromatic rings. The third-order valence-corrected chi connectivity index (χ3v) is 5.23. The van der Waals surface area contributed by atoms with Crippen LogP contribution in [0, 0.1) is 11.5 Å². The number of guanidine groups is 1. The van der Waals surface area contributed by atoms with Crippen molar-refractivity contribution >= 4 is 11.6 Å². The highest BCUT2D eigenvalue weighted by Gasteiger charge is 2.52. The Morgan fingerprint density at radius 1 is 1.29 bits per heavy atom. The van der Waals surface area contributed by atoms with Crippen molar-refractivity contribution in [3.63, 3.8) is 0 Å². The fourth-order valence-corrected chi connectivity index (χ4v) is 3.68. The van der Waals surface area contributed by atoms with E-state index in [1.54, 1.807) is 25.1 Å². The predicted octanol–water partition coefficient (Wildman–Crippen LogP) is 1.66. The van der Waals surface area contributed by atoms with E-state index < -0.39 is 24.0 Å². The lowest BCUT2D eigenvalue weighted by molar-refractivity contribution is -0.238. The average molecular weight is 425 g/mol. The van der Waals surface area contributed by atoms with E-state index in [0.29, 0.717) is 23.5 Å². The van der Waals surface area contributed by atoms with Crippen molar-refractivity contribution in [1.82, 2.24) is 10.6 Å². The molecule has 0 fully saturated rings. The molecule has 0 amide bonds. The summed E-state index contributed by atoms with van der Waals surface area (Å²) in [6.45, 7) is 2.04. The molecule has 9 nitrogen and oxygen atoms in total. The number of nitrogens with zero attached hydrogens (tertiary/aromatic N) is 2. The maximum absolute atomic E-state index is 11.3. The molecule has 31 heavy (non-hydrogen) atoms. The maximum atomic E-state index is 11.3. The molecule has 164 valence electrons. The smallest absolute Gasteiger partial charge is 0.205 e. The van der Waals surface area contributed by atoms with Crippen molar-refractivity contribution in [3.8, 4) is 11.9 Å². The molecule has 0 aromatic heterocycles. The number of nitrogen functional groups attached to an aromatic ring is 1. The normalized spacial score (nSPS) is 22.9. The Morgan fingerprint density at radius 2 is 2.00 bits per heavy atom. The van der Waals surface area contributed by atoms with Gasteiger partial charge in [-0.1, -0.05) is 30.3 Å². The molecule has 9 heteroatoms. The van der Waals surface area contributed by atoms with Crippen LogP contribution in [-0.4, -0.2) is 43.3 Å². The van der Waals surface area contributed by atoms with E-state index in [4.69, 9.17) is 19.9 Å². The van der Waals surface area contributed by atoms with Gasteiger partial charge in [-0.05, 0) is 30.7 Å². The summed E-state index contributed by atoms with van der Waals surface area (Å²) < 4.78 is 16.9. The van der Waals surface area contributed by atoms with Crippen LogP contribution in [-0.2, 0) is 16.0 Å². The Hall–Kier alpha value is -3.32. The van der Waals surface area contributed by atoms with Gasteiger partial charge in [0.25, 0.3) is 0 Å². The topological polar surface area (TPSA) is 134 Å². The molecule has 1 heterocycles. The molecule has 0 bridgehead atoms. The van der Waals surface area contributed by atoms with Crippen LogP contribution in [0.15, 0.2) is 53.5 Å². The van der Waals surface area contributed by atoms with Gasteiger partial charge in [-0.3, -0.25) is 5.32 Å². The molecule has 0 saturated carbocycles. The molecule has 5 N–H and O–H groups in total. The first kappa shape index (κ1) is 22.4. The summed E-state index contributed by atoms with van der Waals surface area (Å²) in [5, 5.41) is 26.2. The number of nitrogens with two attached hydrogens (primary N) is 1. The first-order valence-corrected chi connectivity index (χ1v) is 9.75. The van der Waals surface area contributed by atoms with Gasteiger partial charge in [0.15, 0.2) is 18.1 Å². The Morgan fingerprint density at radius 3 is 2.65 bits per heavy atom. The van der Waals surface area contributed by atoms with E-state index in [-0.39, 0.29) is 5.96 Å². The fourth-order valence-electron chi connectivity index (χ4n) is 3.68. The number of aliphatic hydroxyl groups is 1. The first-order chi connectivity index (χ1) is 14.9. The van der Waals surface area contributed by atoms with E-state index in [0.717, 1.165) is 5.56 Å². The molecule has 1 aliphatic rings. The number of aliphatic hydroxyl groups excluding tert-OH is 1. The third kappa shape index (κ3) is 4.72. The largest absolute Gasteiger partial charge is 0.479 e. The number of nitrogens with one attached hydrogen (secondary N) is 2. The lowest BCUT2D eigenvalue weighted by atomic mass is 9.84. The van der Waals surface area contributed by atoms with Crippen molar-refractivity contribution < 1.29 is 19.3 Å². The summed E-state index contributed by atoms with van der Waals surface area (Å²) in [6.07, 6.45) is -0.106. The summed E-state index contributed by atoms with van der Waals surface area (Å²) in [5.74, 6) is 0.720. The molecule has 2 unspecified atom stereocenters. The number of ether oxygens (including phenoxy) is 3. The third-order valence-electron chi connectivity index (χ3n) is 5.23. The molecule has 2 aromatic carbocycles. The zero-order valence-electron chi connectivity index (χ0n) is 17.7. The average Bonchev–Trinajstić information content (AvgIpc) is 2.77. The van der Waals surface area contributed by atoms with Crippen molar-refractivity contribution in [2.45, 2.75) is 37.5 Å². The maximum Gasteiger partial charge on any atom is 0.205 e. The molecule has 0 radical (unpaired) electrons. The van der Waals surface area contributed by atoms with E-state index in [2.05, 4.69) is 15.6 Å². The lowest BCUT2D eigenvalue weighted by Crippen LogP contribution is -2.62. The summed E-state index contributed by atoms with van der Waals surface area (Å²) in [4.78, 5) is 4.47. The number of benzene rings is 2. The number of anilines is 1. The summed E-state index contributed by atoms with van der Waals surface area (Å²) >= 11 is 0. The lowest BCUT2D eigenvalue weighted by Gasteiger charge is -2.46. The van der Waals surface area contributed by atoms with Crippen LogP contribution < -0.4 is 21.1 Å². The van der Waals surface area contributed by atoms with Gasteiger partial charge in [-0.15, -0.1) is 0 Å². The van der Waals surface area contributed by atoms with Crippen LogP contribution in [0.3, 0.4) is 0 Å². The second-order valence-corrected chi connectivity index (χ2v) is 7.34. The Kier molecular flexibility index (Phi) is 6.97. The predicted molar refractivity (Wildman–Crippen MR) is 116 cm³/mol. The van der Waals surface area contributed by atoms with Gasteiger partial charge in [0.2, 0.25) is 5.96 Å². The van der Waals surface area contributed by atoms with E-state index >= 15 is 0 Å². The number of fused-ring (bicyclic) bond motifs is 1. The highest BCUT2D eigenvalue weighted by Crippen LogP contribution is 2.43. The van der Waals surface area contributed by atoms with Crippen LogP contribution in [0.4, 0.5) is 5.69 Å². The Balaban J connectivity index is 1.97. The van der Waals surface area contributed by atoms with Gasteiger partial charge in [0.05, 0.1) is 12.6 Å². The van der Waals surface area contributed by atoms with Gasteiger partial charge in [-0.2, -0.15) is 5.26 Å². The molecule has 0 spiro atoms. The molecular weight excluding hydrogens is 398 g/mol. The first-order valence-electron chi connectivity index (χ1n) is 9.75. The highest BCUT2D eigenvalue weighted by molar-refractivity contribution is 5.82. The van der Waals surface area contributed by atoms with Gasteiger partial charge in [0.1, 0.15) is 11.9 Å². The number of methoxy groups -OCH3 is 2. The minimum atomic E-state index is -1.25. The molecular formula is C22H27N5O4. The zero-order chi connectivity index (χ0) is 22.4. The summed E-state index contributed by atoms with van der Waals surface area (Å²) in [6, 6.07) is 14.1. The van der Waals surface area contributed by atoms with Crippen LogP contribution in [0.5, 0.6) is 5.75 Å². The Bertz CT molecular complexity index is 958. The zero-order valence-corrected chi connectivity index (χ0v) is 17.7. The van der Waals surface area contributed by atoms with Crippen LogP contribution in [0.1, 0.15) is 24.1 Å². The molecule has 1 aliphatic heterocycles. The van der Waals surface area contributed by atoms with E-state index in [1.165, 1.54) is 14.2 Å². The second kappa shape index (κ2) is 9.66. The van der Waals surface area contributed by atoms with Crippen molar-refractivity contribution in [2.75, 3.05) is 20.0 Å². The van der Waals surface area contributed by atoms with Crippen molar-refractivity contribution in [1.29, 1.82) is 5.26 Å².